The van der Waals surface area contributed by atoms with Crippen LogP contribution in [0.15, 0.2) is 41.3 Å². The molecule has 0 amide bonds. The number of sulfonamides is 1. The van der Waals surface area contributed by atoms with Gasteiger partial charge in [0.2, 0.25) is 0 Å². The van der Waals surface area contributed by atoms with Gasteiger partial charge in [-0.05, 0) is 29.8 Å². The van der Waals surface area contributed by atoms with Gasteiger partial charge in [-0.1, -0.05) is 46.9 Å². The van der Waals surface area contributed by atoms with Crippen molar-refractivity contribution in [2.24, 2.45) is 5.73 Å². The van der Waals surface area contributed by atoms with Crippen LogP contribution in [0.3, 0.4) is 0 Å². The molecule has 21 heavy (non-hydrogen) atoms. The lowest BCUT2D eigenvalue weighted by Gasteiger charge is -2.13. The van der Waals surface area contributed by atoms with E-state index in [0.29, 0.717) is 5.56 Å². The van der Waals surface area contributed by atoms with E-state index in [-0.39, 0.29) is 32.2 Å². The van der Waals surface area contributed by atoms with Crippen LogP contribution in [0.4, 0.5) is 5.69 Å². The fourth-order valence-electron chi connectivity index (χ4n) is 1.67. The van der Waals surface area contributed by atoms with Gasteiger partial charge in [0.25, 0.3) is 10.0 Å². The number of hydrogen-bond donors (Lipinski definition) is 2. The Morgan fingerprint density at radius 3 is 2.19 bits per heavy atom. The van der Waals surface area contributed by atoms with Crippen LogP contribution < -0.4 is 10.5 Å². The second kappa shape index (κ2) is 6.42. The Labute approximate surface area is 137 Å². The summed E-state index contributed by atoms with van der Waals surface area (Å²) in [5.41, 5.74) is 6.26. The van der Waals surface area contributed by atoms with Gasteiger partial charge >= 0.3 is 0 Å². The Morgan fingerprint density at radius 2 is 1.62 bits per heavy atom. The summed E-state index contributed by atoms with van der Waals surface area (Å²) in [7, 11) is -3.93. The highest BCUT2D eigenvalue weighted by Gasteiger charge is 2.21. The maximum Gasteiger partial charge on any atom is 0.263 e. The molecule has 112 valence electrons. The molecular formula is C13H11Cl3N2O2S. The summed E-state index contributed by atoms with van der Waals surface area (Å²) in [6, 6.07) is 9.22. The molecule has 0 aliphatic carbocycles. The molecule has 4 nitrogen and oxygen atoms in total. The Balaban J connectivity index is 2.48. The average Bonchev–Trinajstić information content (AvgIpc) is 2.43. The lowest BCUT2D eigenvalue weighted by atomic mass is 10.2. The largest absolute Gasteiger partial charge is 0.326 e. The quantitative estimate of drug-likeness (QED) is 0.863. The summed E-state index contributed by atoms with van der Waals surface area (Å²) in [6.45, 7) is 0.201. The second-order valence-corrected chi connectivity index (χ2v) is 7.04. The highest BCUT2D eigenvalue weighted by molar-refractivity contribution is 7.92. The van der Waals surface area contributed by atoms with Crippen molar-refractivity contribution in [2.75, 3.05) is 4.72 Å². The summed E-state index contributed by atoms with van der Waals surface area (Å²) >= 11 is 17.9. The molecule has 0 aliphatic heterocycles. The smallest absolute Gasteiger partial charge is 0.263 e. The van der Waals surface area contributed by atoms with Gasteiger partial charge in [-0.15, -0.1) is 0 Å². The SMILES string of the molecule is NCc1ccc(Cl)c(S(=O)(=O)Nc2c(Cl)cccc2Cl)c1. The third kappa shape index (κ3) is 3.62. The molecule has 8 heteroatoms. The highest BCUT2D eigenvalue weighted by Crippen LogP contribution is 2.33. The molecule has 0 spiro atoms. The van der Waals surface area contributed by atoms with Crippen molar-refractivity contribution in [3.63, 3.8) is 0 Å². The molecule has 0 fully saturated rings. The molecule has 0 atom stereocenters. The van der Waals surface area contributed by atoms with Gasteiger partial charge < -0.3 is 5.73 Å². The standard InChI is InChI=1S/C13H11Cl3N2O2S/c14-9-5-4-8(7-17)6-12(9)21(19,20)18-13-10(15)2-1-3-11(13)16/h1-6,18H,7,17H2. The number of rotatable bonds is 4. The molecule has 0 saturated carbocycles. The number of para-hydroxylation sites is 1. The van der Waals surface area contributed by atoms with Crippen LogP contribution >= 0.6 is 34.8 Å². The molecular weight excluding hydrogens is 355 g/mol. The Morgan fingerprint density at radius 1 is 1.00 bits per heavy atom. The van der Waals surface area contributed by atoms with Crippen molar-refractivity contribution in [3.05, 3.63) is 57.0 Å². The van der Waals surface area contributed by atoms with E-state index in [1.165, 1.54) is 24.3 Å². The van der Waals surface area contributed by atoms with Crippen molar-refractivity contribution < 1.29 is 8.42 Å². The maximum atomic E-state index is 12.4. The summed E-state index contributed by atoms with van der Waals surface area (Å²) in [5.74, 6) is 0. The molecule has 0 aromatic heterocycles. The summed E-state index contributed by atoms with van der Waals surface area (Å²) in [4.78, 5) is -0.0805. The zero-order chi connectivity index (χ0) is 15.6. The minimum Gasteiger partial charge on any atom is -0.326 e. The number of hydrogen-bond acceptors (Lipinski definition) is 3. The number of halogens is 3. The number of nitrogens with one attached hydrogen (secondary N) is 1. The van der Waals surface area contributed by atoms with E-state index in [0.717, 1.165) is 0 Å². The van der Waals surface area contributed by atoms with Crippen LogP contribution in [0.2, 0.25) is 15.1 Å². The van der Waals surface area contributed by atoms with E-state index in [1.54, 1.807) is 12.1 Å². The van der Waals surface area contributed by atoms with E-state index in [4.69, 9.17) is 40.5 Å². The van der Waals surface area contributed by atoms with Crippen LogP contribution in [-0.4, -0.2) is 8.42 Å². The van der Waals surface area contributed by atoms with Gasteiger partial charge in [0.15, 0.2) is 0 Å². The number of benzene rings is 2. The van der Waals surface area contributed by atoms with Crippen LogP contribution in [0.1, 0.15) is 5.56 Å². The van der Waals surface area contributed by atoms with Crippen molar-refractivity contribution in [3.8, 4) is 0 Å². The zero-order valence-corrected chi connectivity index (χ0v) is 13.7. The van der Waals surface area contributed by atoms with Crippen molar-refractivity contribution in [1.29, 1.82) is 0 Å². The molecule has 2 rings (SSSR count). The van der Waals surface area contributed by atoms with Gasteiger partial charge in [-0.2, -0.15) is 0 Å². The molecule has 2 aromatic rings. The molecule has 0 radical (unpaired) electrons. The van der Waals surface area contributed by atoms with E-state index in [9.17, 15) is 8.42 Å². The van der Waals surface area contributed by atoms with Crippen LogP contribution in [0, 0.1) is 0 Å². The monoisotopic (exact) mass is 364 g/mol. The first-order valence-electron chi connectivity index (χ1n) is 5.80. The first-order chi connectivity index (χ1) is 9.85. The maximum absolute atomic E-state index is 12.4. The number of anilines is 1. The zero-order valence-electron chi connectivity index (χ0n) is 10.6. The minimum absolute atomic E-state index is 0.0805. The fourth-order valence-corrected chi connectivity index (χ4v) is 3.92. The third-order valence-corrected chi connectivity index (χ3v) is 5.18. The molecule has 0 aliphatic rings. The van der Waals surface area contributed by atoms with Gasteiger partial charge in [0.1, 0.15) is 4.90 Å². The highest BCUT2D eigenvalue weighted by atomic mass is 35.5. The fraction of sp³-hybridized carbons (Fsp3) is 0.0769. The lowest BCUT2D eigenvalue weighted by molar-refractivity contribution is 0.601. The summed E-state index contributed by atoms with van der Waals surface area (Å²) in [6.07, 6.45) is 0. The molecule has 0 saturated heterocycles. The Kier molecular flexibility index (Phi) is 5.01. The van der Waals surface area contributed by atoms with Crippen molar-refractivity contribution in [1.82, 2.24) is 0 Å². The van der Waals surface area contributed by atoms with Crippen molar-refractivity contribution in [2.45, 2.75) is 11.4 Å². The normalized spacial score (nSPS) is 11.4. The van der Waals surface area contributed by atoms with Gasteiger partial charge in [0, 0.05) is 6.54 Å². The van der Waals surface area contributed by atoms with Crippen LogP contribution in [-0.2, 0) is 16.6 Å². The average molecular weight is 366 g/mol. The number of nitrogens with two attached hydrogens (primary N) is 1. The lowest BCUT2D eigenvalue weighted by Crippen LogP contribution is -2.15. The first kappa shape index (κ1) is 16.4. The van der Waals surface area contributed by atoms with Gasteiger partial charge in [-0.25, -0.2) is 8.42 Å². The van der Waals surface area contributed by atoms with E-state index in [2.05, 4.69) is 4.72 Å². The molecule has 0 heterocycles. The van der Waals surface area contributed by atoms with Gasteiger partial charge in [0.05, 0.1) is 20.8 Å². The Hall–Kier alpha value is -0.980. The van der Waals surface area contributed by atoms with Crippen LogP contribution in [0.5, 0.6) is 0 Å². The third-order valence-electron chi connectivity index (χ3n) is 2.72. The topological polar surface area (TPSA) is 72.2 Å². The minimum atomic E-state index is -3.93. The van der Waals surface area contributed by atoms with E-state index >= 15 is 0 Å². The first-order valence-corrected chi connectivity index (χ1v) is 8.42. The van der Waals surface area contributed by atoms with E-state index in [1.807, 2.05) is 0 Å². The summed E-state index contributed by atoms with van der Waals surface area (Å²) < 4.78 is 27.2. The molecule has 2 aromatic carbocycles. The molecule has 0 bridgehead atoms. The Bertz CT molecular complexity index is 759. The van der Waals surface area contributed by atoms with Crippen molar-refractivity contribution >= 4 is 50.5 Å². The second-order valence-electron chi connectivity index (χ2n) is 4.17. The summed E-state index contributed by atoms with van der Waals surface area (Å²) in [5, 5.41) is 0.470. The van der Waals surface area contributed by atoms with E-state index < -0.39 is 10.0 Å². The predicted molar refractivity (Wildman–Crippen MR) is 86.6 cm³/mol. The van der Waals surface area contributed by atoms with Gasteiger partial charge in [-0.3, -0.25) is 4.72 Å². The predicted octanol–water partition coefficient (Wildman–Crippen LogP) is 3.91. The van der Waals surface area contributed by atoms with Crippen LogP contribution in [0.25, 0.3) is 0 Å². The molecule has 3 N–H and O–H groups in total. The molecule has 0 unspecified atom stereocenters.